The van der Waals surface area contributed by atoms with Crippen molar-refractivity contribution in [3.8, 4) is 11.1 Å². The lowest BCUT2D eigenvalue weighted by Gasteiger charge is -2.24. The number of fused-ring (bicyclic) bond motifs is 3. The van der Waals surface area contributed by atoms with Gasteiger partial charge in [0.05, 0.1) is 5.60 Å². The molecule has 2 amide bonds. The number of aliphatic hydroxyl groups is 1. The van der Waals surface area contributed by atoms with Crippen LogP contribution >= 0.6 is 0 Å². The second-order valence-corrected chi connectivity index (χ2v) is 8.52. The van der Waals surface area contributed by atoms with E-state index < -0.39 is 29.6 Å². The number of alkyl carbamates (subject to hydrolysis) is 1. The van der Waals surface area contributed by atoms with Crippen molar-refractivity contribution in [2.75, 3.05) is 13.2 Å². The van der Waals surface area contributed by atoms with E-state index in [0.717, 1.165) is 22.3 Å². The first-order chi connectivity index (χ1) is 15.7. The van der Waals surface area contributed by atoms with Gasteiger partial charge in [0.1, 0.15) is 12.6 Å². The molecule has 2 unspecified atom stereocenters. The van der Waals surface area contributed by atoms with Gasteiger partial charge in [-0.05, 0) is 42.0 Å². The first-order valence-electron chi connectivity index (χ1n) is 11.0. The van der Waals surface area contributed by atoms with Gasteiger partial charge in [0, 0.05) is 18.9 Å². The fraction of sp³-hybridized carbons (Fsp3) is 0.400. The SMILES string of the molecule is CCC(C)(O)CNC(=O)C(CCC(=O)O)NC(=O)OCC1c2ccccc2-c2ccccc21. The van der Waals surface area contributed by atoms with E-state index in [4.69, 9.17) is 9.84 Å². The van der Waals surface area contributed by atoms with Gasteiger partial charge in [-0.15, -0.1) is 0 Å². The van der Waals surface area contributed by atoms with Crippen LogP contribution in [0.5, 0.6) is 0 Å². The van der Waals surface area contributed by atoms with Gasteiger partial charge in [-0.2, -0.15) is 0 Å². The Balaban J connectivity index is 1.64. The molecule has 0 radical (unpaired) electrons. The van der Waals surface area contributed by atoms with E-state index in [0.29, 0.717) is 6.42 Å². The molecule has 0 saturated heterocycles. The van der Waals surface area contributed by atoms with Crippen LogP contribution in [0.1, 0.15) is 50.2 Å². The maximum Gasteiger partial charge on any atom is 0.407 e. The molecular weight excluding hydrogens is 424 g/mol. The summed E-state index contributed by atoms with van der Waals surface area (Å²) in [6, 6.07) is 14.8. The minimum atomic E-state index is -1.10. The number of aliphatic carboxylic acids is 1. The highest BCUT2D eigenvalue weighted by molar-refractivity contribution is 5.86. The zero-order valence-corrected chi connectivity index (χ0v) is 18.8. The summed E-state index contributed by atoms with van der Waals surface area (Å²) in [5.41, 5.74) is 3.23. The van der Waals surface area contributed by atoms with E-state index in [-0.39, 0.29) is 31.9 Å². The number of rotatable bonds is 10. The third kappa shape index (κ3) is 6.10. The van der Waals surface area contributed by atoms with Crippen molar-refractivity contribution in [3.05, 3.63) is 59.7 Å². The molecule has 2 aromatic carbocycles. The maximum absolute atomic E-state index is 12.6. The fourth-order valence-electron chi connectivity index (χ4n) is 3.84. The van der Waals surface area contributed by atoms with Gasteiger partial charge in [-0.25, -0.2) is 4.79 Å². The molecule has 0 bridgehead atoms. The van der Waals surface area contributed by atoms with Crippen molar-refractivity contribution in [2.45, 2.75) is 50.7 Å². The summed E-state index contributed by atoms with van der Waals surface area (Å²) >= 11 is 0. The number of benzene rings is 2. The largest absolute Gasteiger partial charge is 0.481 e. The number of carbonyl (C=O) groups excluding carboxylic acids is 2. The monoisotopic (exact) mass is 454 g/mol. The molecule has 0 spiro atoms. The Morgan fingerprint density at radius 3 is 2.18 bits per heavy atom. The molecule has 176 valence electrons. The van der Waals surface area contributed by atoms with Gasteiger partial charge in [0.25, 0.3) is 0 Å². The minimum absolute atomic E-state index is 0.0156. The first kappa shape index (κ1) is 24.3. The number of nitrogens with one attached hydrogen (secondary N) is 2. The van der Waals surface area contributed by atoms with Crippen molar-refractivity contribution in [1.29, 1.82) is 0 Å². The summed E-state index contributed by atoms with van der Waals surface area (Å²) in [4.78, 5) is 36.1. The van der Waals surface area contributed by atoms with Crippen molar-refractivity contribution in [3.63, 3.8) is 0 Å². The van der Waals surface area contributed by atoms with Crippen LogP contribution in [0.4, 0.5) is 4.79 Å². The molecule has 0 fully saturated rings. The zero-order chi connectivity index (χ0) is 24.0. The summed E-state index contributed by atoms with van der Waals surface area (Å²) < 4.78 is 5.47. The Bertz CT molecular complexity index is 974. The standard InChI is InChI=1S/C25H30N2O6/c1-3-25(2,32)15-26-23(30)21(12-13-22(28)29)27-24(31)33-14-20-18-10-6-4-8-16(18)17-9-5-7-11-19(17)20/h4-11,20-21,32H,3,12-15H2,1-2H3,(H,26,30)(H,27,31)(H,28,29). The molecule has 2 aromatic rings. The fourth-order valence-corrected chi connectivity index (χ4v) is 3.84. The number of hydrogen-bond donors (Lipinski definition) is 4. The molecule has 2 atom stereocenters. The first-order valence-corrected chi connectivity index (χ1v) is 11.0. The summed E-state index contributed by atoms with van der Waals surface area (Å²) in [5.74, 6) is -1.78. The van der Waals surface area contributed by atoms with Gasteiger partial charge < -0.3 is 25.6 Å². The highest BCUT2D eigenvalue weighted by Crippen LogP contribution is 2.44. The number of amides is 2. The van der Waals surface area contributed by atoms with Crippen molar-refractivity contribution < 1.29 is 29.3 Å². The molecule has 3 rings (SSSR count). The Morgan fingerprint density at radius 2 is 1.64 bits per heavy atom. The van der Waals surface area contributed by atoms with Crippen LogP contribution in [0.3, 0.4) is 0 Å². The highest BCUT2D eigenvalue weighted by atomic mass is 16.5. The Morgan fingerprint density at radius 1 is 1.06 bits per heavy atom. The van der Waals surface area contributed by atoms with E-state index in [2.05, 4.69) is 10.6 Å². The summed E-state index contributed by atoms with van der Waals surface area (Å²) in [7, 11) is 0. The molecule has 0 aliphatic heterocycles. The topological polar surface area (TPSA) is 125 Å². The molecule has 33 heavy (non-hydrogen) atoms. The summed E-state index contributed by atoms with van der Waals surface area (Å²) in [6.07, 6.45) is -0.775. The normalized spacial score (nSPS) is 15.0. The van der Waals surface area contributed by atoms with E-state index in [9.17, 15) is 19.5 Å². The number of ether oxygens (including phenoxy) is 1. The van der Waals surface area contributed by atoms with E-state index in [1.807, 2.05) is 48.5 Å². The van der Waals surface area contributed by atoms with Crippen molar-refractivity contribution in [1.82, 2.24) is 10.6 Å². The lowest BCUT2D eigenvalue weighted by atomic mass is 9.98. The molecule has 4 N–H and O–H groups in total. The number of hydrogen-bond acceptors (Lipinski definition) is 5. The third-order valence-corrected chi connectivity index (χ3v) is 6.00. The number of carboxylic acid groups (broad SMARTS) is 1. The molecule has 8 nitrogen and oxygen atoms in total. The molecule has 1 aliphatic carbocycles. The second-order valence-electron chi connectivity index (χ2n) is 8.52. The Labute approximate surface area is 193 Å². The average Bonchev–Trinajstić information content (AvgIpc) is 3.12. The van der Waals surface area contributed by atoms with Crippen LogP contribution in [0.25, 0.3) is 11.1 Å². The predicted octanol–water partition coefficient (Wildman–Crippen LogP) is 3.04. The molecule has 0 saturated carbocycles. The van der Waals surface area contributed by atoms with Crippen LogP contribution in [0.2, 0.25) is 0 Å². The van der Waals surface area contributed by atoms with Crippen LogP contribution in [-0.2, 0) is 14.3 Å². The molecule has 0 heterocycles. The predicted molar refractivity (Wildman–Crippen MR) is 123 cm³/mol. The molecular formula is C25H30N2O6. The second kappa shape index (κ2) is 10.5. The van der Waals surface area contributed by atoms with Gasteiger partial charge in [0.15, 0.2) is 0 Å². The summed E-state index contributed by atoms with van der Waals surface area (Å²) in [6.45, 7) is 3.43. The van der Waals surface area contributed by atoms with Gasteiger partial charge >= 0.3 is 12.1 Å². The smallest absolute Gasteiger partial charge is 0.407 e. The Hall–Kier alpha value is -3.39. The summed E-state index contributed by atoms with van der Waals surface area (Å²) in [5, 5.41) is 24.1. The van der Waals surface area contributed by atoms with Crippen molar-refractivity contribution in [2.24, 2.45) is 0 Å². The third-order valence-electron chi connectivity index (χ3n) is 6.00. The van der Waals surface area contributed by atoms with Gasteiger partial charge in [-0.3, -0.25) is 9.59 Å². The van der Waals surface area contributed by atoms with Crippen LogP contribution in [-0.4, -0.2) is 53.0 Å². The van der Waals surface area contributed by atoms with Gasteiger partial charge in [-0.1, -0.05) is 55.5 Å². The molecule has 8 heteroatoms. The maximum atomic E-state index is 12.6. The molecule has 1 aliphatic rings. The molecule has 0 aromatic heterocycles. The lowest BCUT2D eigenvalue weighted by Crippen LogP contribution is -2.50. The Kier molecular flexibility index (Phi) is 7.71. The highest BCUT2D eigenvalue weighted by Gasteiger charge is 2.30. The number of carboxylic acids is 1. The van der Waals surface area contributed by atoms with E-state index in [1.54, 1.807) is 13.8 Å². The average molecular weight is 455 g/mol. The van der Waals surface area contributed by atoms with Crippen LogP contribution < -0.4 is 10.6 Å². The quantitative estimate of drug-likeness (QED) is 0.437. The number of carbonyl (C=O) groups is 3. The van der Waals surface area contributed by atoms with Crippen LogP contribution in [0.15, 0.2) is 48.5 Å². The van der Waals surface area contributed by atoms with Gasteiger partial charge in [0.2, 0.25) is 5.91 Å². The van der Waals surface area contributed by atoms with E-state index in [1.165, 1.54) is 0 Å². The van der Waals surface area contributed by atoms with Crippen molar-refractivity contribution >= 4 is 18.0 Å². The zero-order valence-electron chi connectivity index (χ0n) is 18.8. The minimum Gasteiger partial charge on any atom is -0.481 e. The lowest BCUT2D eigenvalue weighted by molar-refractivity contribution is -0.137. The van der Waals surface area contributed by atoms with E-state index >= 15 is 0 Å². The van der Waals surface area contributed by atoms with Crippen LogP contribution in [0, 0.1) is 0 Å².